The summed E-state index contributed by atoms with van der Waals surface area (Å²) in [5, 5.41) is 11.4. The molecule has 0 radical (unpaired) electrons. The fourth-order valence-corrected chi connectivity index (χ4v) is 12.1. The molecule has 0 fully saturated rings. The molecule has 8 bridgehead atoms. The van der Waals surface area contributed by atoms with Gasteiger partial charge in [-0.25, -0.2) is 29.1 Å². The average Bonchev–Trinajstić information content (AvgIpc) is 1.60. The molecule has 9 rings (SSSR count). The Morgan fingerprint density at radius 3 is 0.700 bits per heavy atom. The summed E-state index contributed by atoms with van der Waals surface area (Å²) in [7, 11) is 5.09. The second-order valence-electron chi connectivity index (χ2n) is 24.1. The number of amides is 4. The normalized spacial score (nSPS) is 12.7. The molecule has 4 aromatic carbocycles. The van der Waals surface area contributed by atoms with Gasteiger partial charge >= 0.3 is 23.9 Å². The number of carbonyl (C=O) groups is 8. The zero-order chi connectivity index (χ0) is 71.2. The van der Waals surface area contributed by atoms with E-state index in [-0.39, 0.29) is 22.3 Å². The number of benzene rings is 4. The number of esters is 4. The lowest BCUT2D eigenvalue weighted by Crippen LogP contribution is -2.41. The topological polar surface area (TPSA) is 383 Å². The molecule has 3 aromatic heterocycles. The Kier molecular flexibility index (Phi) is 26.1. The smallest absolute Gasteiger partial charge is 0.328 e. The van der Waals surface area contributed by atoms with Crippen molar-refractivity contribution in [3.8, 4) is 44.5 Å². The number of rotatable bonds is 32. The van der Waals surface area contributed by atoms with Crippen LogP contribution < -0.4 is 44.2 Å². The van der Waals surface area contributed by atoms with Gasteiger partial charge in [-0.15, -0.1) is 0 Å². The van der Waals surface area contributed by atoms with Crippen molar-refractivity contribution in [3.63, 3.8) is 0 Å². The number of unbranched alkanes of at least 4 members (excludes halogenated alkanes) is 4. The van der Waals surface area contributed by atoms with Gasteiger partial charge in [0.05, 0.1) is 51.2 Å². The van der Waals surface area contributed by atoms with Crippen molar-refractivity contribution in [2.45, 2.75) is 101 Å². The van der Waals surface area contributed by atoms with Crippen LogP contribution in [0, 0.1) is 0 Å². The SMILES string of the molecule is COC(=O)[C@H](CCCCN)NC(=O)c1ccc(-c2c3nc(c(-c4ccc(C(=O)N[C@@H](CCCCN)C(=O)OC)cc4)c4ccc([nH]4)c(-c4ccc(C(=O)N[C@@H](CCCCN)C(=O)OC)cc4)c4nc(c(-c5ccc(C(=O)N[C@@H](CCCCN)C(=O)OC)cc5)c5ccc2[nH]5)C=C4)C=C3)cc1. The molecule has 2 aliphatic rings. The molecule has 7 aromatic rings. The Morgan fingerprint density at radius 2 is 0.520 bits per heavy atom. The molecular weight excluding hydrogens is 1270 g/mol. The quantitative estimate of drug-likeness (QED) is 0.0107. The maximum atomic E-state index is 13.9. The monoisotopic (exact) mass is 1360 g/mol. The van der Waals surface area contributed by atoms with Gasteiger partial charge in [-0.3, -0.25) is 19.2 Å². The number of methoxy groups -OCH3 is 4. The van der Waals surface area contributed by atoms with Gasteiger partial charge in [0.15, 0.2) is 0 Å². The van der Waals surface area contributed by atoms with Crippen molar-refractivity contribution in [2.75, 3.05) is 54.6 Å². The largest absolute Gasteiger partial charge is 0.467 e. The molecule has 24 heteroatoms. The van der Waals surface area contributed by atoms with E-state index in [2.05, 4.69) is 31.2 Å². The Morgan fingerprint density at radius 1 is 0.320 bits per heavy atom. The van der Waals surface area contributed by atoms with E-state index in [9.17, 15) is 38.4 Å². The standard InChI is InChI=1S/C76H86N12O12/c1-97-73(93)61(13-5-9-41-77)85-69(89)49-25-17-45(18-26-49)65-53-33-35-55(81-53)66(46-19-27-50(28-20-46)70(90)86-62(74(94)98-2)14-6-10-42-78)57-37-39-59(83-57)68(48-23-31-52(32-24-48)72(92)88-64(76(96)100-4)16-8-12-44-80)60-40-38-58(84-60)67(56-36-34-54(65)82-56)47-21-29-51(30-22-47)71(91)87-63(75(95)99-3)15-7-11-43-79/h17-40,61-64,81,84H,5-16,41-44,77-80H2,1-4H3,(H,85,89)(H,86,90)(H,87,91)(H,88,92)/t61-,62-,63-,64-/m0/s1. The Hall–Kier alpha value is -10.9. The maximum absolute atomic E-state index is 13.9. The number of ether oxygens (including phenoxy) is 4. The maximum Gasteiger partial charge on any atom is 0.328 e. The molecule has 0 aliphatic carbocycles. The summed E-state index contributed by atoms with van der Waals surface area (Å²) in [5.41, 5.74) is 33.8. The summed E-state index contributed by atoms with van der Waals surface area (Å²) >= 11 is 0. The van der Waals surface area contributed by atoms with Crippen molar-refractivity contribution in [3.05, 3.63) is 166 Å². The van der Waals surface area contributed by atoms with Crippen LogP contribution in [0.15, 0.2) is 121 Å². The first-order valence-electron chi connectivity index (χ1n) is 33.5. The third-order valence-corrected chi connectivity index (χ3v) is 17.4. The minimum Gasteiger partial charge on any atom is -0.467 e. The first-order chi connectivity index (χ1) is 48.5. The lowest BCUT2D eigenvalue weighted by atomic mass is 10.0. The van der Waals surface area contributed by atoms with E-state index in [4.69, 9.17) is 51.9 Å². The van der Waals surface area contributed by atoms with Gasteiger partial charge in [-0.2, -0.15) is 0 Å². The summed E-state index contributed by atoms with van der Waals surface area (Å²) in [6.45, 7) is 1.72. The highest BCUT2D eigenvalue weighted by Crippen LogP contribution is 2.39. The molecule has 4 amide bonds. The molecule has 5 heterocycles. The highest BCUT2D eigenvalue weighted by atomic mass is 16.5. The molecular formula is C76H86N12O12. The third-order valence-electron chi connectivity index (χ3n) is 17.4. The predicted molar refractivity (Wildman–Crippen MR) is 385 cm³/mol. The fraction of sp³-hybridized carbons (Fsp3) is 0.316. The second-order valence-corrected chi connectivity index (χ2v) is 24.1. The van der Waals surface area contributed by atoms with Gasteiger partial charge in [-0.1, -0.05) is 48.5 Å². The summed E-state index contributed by atoms with van der Waals surface area (Å²) in [6, 6.07) is 31.8. The van der Waals surface area contributed by atoms with Crippen LogP contribution in [0.5, 0.6) is 0 Å². The van der Waals surface area contributed by atoms with Crippen molar-refractivity contribution in [1.82, 2.24) is 41.2 Å². The van der Waals surface area contributed by atoms with E-state index in [1.165, 1.54) is 28.4 Å². The fourth-order valence-electron chi connectivity index (χ4n) is 12.1. The van der Waals surface area contributed by atoms with Gasteiger partial charge in [0.25, 0.3) is 23.6 Å². The van der Waals surface area contributed by atoms with E-state index in [0.29, 0.717) is 193 Å². The van der Waals surface area contributed by atoms with Crippen molar-refractivity contribution < 1.29 is 57.3 Å². The van der Waals surface area contributed by atoms with Crippen molar-refractivity contribution >= 4 is 93.9 Å². The van der Waals surface area contributed by atoms with Crippen LogP contribution in [0.2, 0.25) is 0 Å². The lowest BCUT2D eigenvalue weighted by molar-refractivity contribution is -0.143. The van der Waals surface area contributed by atoms with Crippen molar-refractivity contribution in [1.29, 1.82) is 0 Å². The van der Waals surface area contributed by atoms with Gasteiger partial charge in [0.1, 0.15) is 24.2 Å². The molecule has 0 saturated heterocycles. The molecule has 0 unspecified atom stereocenters. The average molecular weight is 1360 g/mol. The van der Waals surface area contributed by atoms with Crippen LogP contribution >= 0.6 is 0 Å². The van der Waals surface area contributed by atoms with E-state index in [0.717, 1.165) is 0 Å². The minimum absolute atomic E-state index is 0.283. The highest BCUT2D eigenvalue weighted by molar-refractivity contribution is 6.04. The number of aromatic nitrogens is 4. The Labute approximate surface area is 579 Å². The minimum atomic E-state index is -0.898. The Balaban J connectivity index is 1.26. The number of carbonyl (C=O) groups excluding carboxylic acids is 8. The second kappa shape index (κ2) is 35.5. The molecule has 522 valence electrons. The first-order valence-corrected chi connectivity index (χ1v) is 33.5. The van der Waals surface area contributed by atoms with Gasteiger partial charge in [-0.05, 0) is 223 Å². The zero-order valence-corrected chi connectivity index (χ0v) is 56.6. The molecule has 100 heavy (non-hydrogen) atoms. The zero-order valence-electron chi connectivity index (χ0n) is 56.6. The number of nitrogens with one attached hydrogen (secondary N) is 6. The lowest BCUT2D eigenvalue weighted by Gasteiger charge is -2.16. The summed E-state index contributed by atoms with van der Waals surface area (Å²) in [4.78, 5) is 125. The van der Waals surface area contributed by atoms with Crippen LogP contribution in [0.25, 0.3) is 90.9 Å². The predicted octanol–water partition coefficient (Wildman–Crippen LogP) is 8.93. The number of nitrogens with zero attached hydrogens (tertiary/aromatic N) is 2. The molecule has 14 N–H and O–H groups in total. The van der Waals surface area contributed by atoms with E-state index in [1.54, 1.807) is 97.1 Å². The first kappa shape index (κ1) is 73.3. The van der Waals surface area contributed by atoms with Crippen LogP contribution in [-0.4, -0.2) is 146 Å². The highest BCUT2D eigenvalue weighted by Gasteiger charge is 2.28. The van der Waals surface area contributed by atoms with E-state index >= 15 is 0 Å². The van der Waals surface area contributed by atoms with Gasteiger partial charge in [0.2, 0.25) is 0 Å². The number of hydrogen-bond acceptors (Lipinski definition) is 18. The van der Waals surface area contributed by atoms with E-state index in [1.807, 2.05) is 48.6 Å². The van der Waals surface area contributed by atoms with Crippen LogP contribution in [0.3, 0.4) is 0 Å². The number of aromatic amines is 2. The van der Waals surface area contributed by atoms with Gasteiger partial charge < -0.3 is 73.1 Å². The van der Waals surface area contributed by atoms with Crippen molar-refractivity contribution in [2.24, 2.45) is 22.9 Å². The molecule has 24 nitrogen and oxygen atoms in total. The molecule has 0 spiro atoms. The molecule has 0 saturated carbocycles. The number of hydrogen-bond donors (Lipinski definition) is 10. The van der Waals surface area contributed by atoms with E-state index < -0.39 is 71.7 Å². The third kappa shape index (κ3) is 18.0. The summed E-state index contributed by atoms with van der Waals surface area (Å²) < 4.78 is 20.2. The van der Waals surface area contributed by atoms with Crippen LogP contribution in [0.1, 0.15) is 141 Å². The summed E-state index contributed by atoms with van der Waals surface area (Å²) in [5.74, 6) is -4.23. The Bertz CT molecular complexity index is 3790. The molecule has 2 aliphatic heterocycles. The number of H-pyrrole nitrogens is 2. The number of fused-ring (bicyclic) bond motifs is 8. The van der Waals surface area contributed by atoms with Crippen LogP contribution in [0.4, 0.5) is 0 Å². The molecule has 4 atom stereocenters. The summed E-state index contributed by atoms with van der Waals surface area (Å²) in [6.07, 6.45) is 13.9. The van der Waals surface area contributed by atoms with Gasteiger partial charge in [0, 0.05) is 66.6 Å². The van der Waals surface area contributed by atoms with Crippen LogP contribution in [-0.2, 0) is 38.1 Å². The number of nitrogens with two attached hydrogens (primary N) is 4.